The average molecular weight is 553 g/mol. The summed E-state index contributed by atoms with van der Waals surface area (Å²) in [5.74, 6) is 4.84. The zero-order valence-electron chi connectivity index (χ0n) is 32.6. The van der Waals surface area contributed by atoms with Gasteiger partial charge >= 0.3 is 0 Å². The van der Waals surface area contributed by atoms with E-state index in [2.05, 4.69) is 166 Å². The Hall–Kier alpha value is 0. The zero-order chi connectivity index (χ0) is 32.6. The van der Waals surface area contributed by atoms with Gasteiger partial charge in [-0.25, -0.2) is 0 Å². The van der Waals surface area contributed by atoms with E-state index in [9.17, 15) is 0 Å². The van der Waals surface area contributed by atoms with Gasteiger partial charge in [-0.1, -0.05) is 166 Å². The van der Waals surface area contributed by atoms with Gasteiger partial charge in [-0.2, -0.15) is 0 Å². The third-order valence-electron chi connectivity index (χ3n) is 8.39. The molecule has 0 bridgehead atoms. The predicted octanol–water partition coefficient (Wildman–Crippen LogP) is 14.2. The Morgan fingerprint density at radius 2 is 0.359 bits per heavy atom. The SMILES string of the molecule is CC(C)CC(C(C)(C)C)C(C)(C)C.CC(C)CC(C(C)(C)C)C(C)(C)C.CC(C)CC(C(C)(C)C)C(C)(C)C. The summed E-state index contributed by atoms with van der Waals surface area (Å²) >= 11 is 0. The fourth-order valence-electron chi connectivity index (χ4n) is 7.43. The van der Waals surface area contributed by atoms with Gasteiger partial charge in [0.05, 0.1) is 0 Å². The van der Waals surface area contributed by atoms with E-state index in [1.165, 1.54) is 19.3 Å². The van der Waals surface area contributed by atoms with Crippen LogP contribution in [0.2, 0.25) is 0 Å². The minimum absolute atomic E-state index is 0.433. The van der Waals surface area contributed by atoms with Gasteiger partial charge in [-0.05, 0) is 87.3 Å². The topological polar surface area (TPSA) is 0 Å². The Bertz CT molecular complexity index is 470. The highest BCUT2D eigenvalue weighted by Crippen LogP contribution is 2.45. The van der Waals surface area contributed by atoms with Gasteiger partial charge in [0.15, 0.2) is 0 Å². The smallest absolute Gasteiger partial charge is 0.0314 e. The number of hydrogen-bond acceptors (Lipinski definition) is 0. The lowest BCUT2D eigenvalue weighted by Gasteiger charge is -2.42. The molecule has 0 atom stereocenters. The summed E-state index contributed by atoms with van der Waals surface area (Å²) in [5.41, 5.74) is 2.60. The van der Waals surface area contributed by atoms with E-state index in [4.69, 9.17) is 0 Å². The van der Waals surface area contributed by atoms with Gasteiger partial charge in [0.2, 0.25) is 0 Å². The van der Waals surface area contributed by atoms with Crippen molar-refractivity contribution in [1.82, 2.24) is 0 Å². The van der Waals surface area contributed by atoms with Crippen LogP contribution in [0.15, 0.2) is 0 Å². The molecule has 0 aromatic rings. The summed E-state index contributed by atoms with van der Waals surface area (Å²) in [7, 11) is 0. The molecule has 0 fully saturated rings. The van der Waals surface area contributed by atoms with Gasteiger partial charge in [0, 0.05) is 0 Å². The van der Waals surface area contributed by atoms with Crippen LogP contribution in [0.1, 0.15) is 185 Å². The van der Waals surface area contributed by atoms with E-state index >= 15 is 0 Å². The molecule has 0 radical (unpaired) electrons. The molecular formula is C39H84. The maximum Gasteiger partial charge on any atom is -0.0314 e. The van der Waals surface area contributed by atoms with Crippen LogP contribution in [0.5, 0.6) is 0 Å². The third kappa shape index (κ3) is 21.4. The van der Waals surface area contributed by atoms with E-state index in [0.717, 1.165) is 35.5 Å². The van der Waals surface area contributed by atoms with Crippen molar-refractivity contribution >= 4 is 0 Å². The Morgan fingerprint density at radius 1 is 0.256 bits per heavy atom. The Balaban J connectivity index is -0.000000498. The van der Waals surface area contributed by atoms with Crippen LogP contribution in [0, 0.1) is 68.0 Å². The highest BCUT2D eigenvalue weighted by Gasteiger charge is 2.36. The van der Waals surface area contributed by atoms with E-state index < -0.39 is 0 Å². The van der Waals surface area contributed by atoms with Gasteiger partial charge in [-0.3, -0.25) is 0 Å². The van der Waals surface area contributed by atoms with Crippen LogP contribution in [-0.4, -0.2) is 0 Å². The molecule has 0 unspecified atom stereocenters. The molecule has 0 heteroatoms. The second-order valence-electron chi connectivity index (χ2n) is 20.7. The molecule has 0 aliphatic carbocycles. The molecule has 0 heterocycles. The van der Waals surface area contributed by atoms with Crippen molar-refractivity contribution in [3.8, 4) is 0 Å². The minimum Gasteiger partial charge on any atom is -0.0628 e. The largest absolute Gasteiger partial charge is 0.0628 e. The Kier molecular flexibility index (Phi) is 17.8. The van der Waals surface area contributed by atoms with Crippen molar-refractivity contribution < 1.29 is 0 Å². The first-order valence-corrected chi connectivity index (χ1v) is 16.6. The highest BCUT2D eigenvalue weighted by atomic mass is 14.4. The van der Waals surface area contributed by atoms with Gasteiger partial charge in [0.25, 0.3) is 0 Å². The van der Waals surface area contributed by atoms with Crippen LogP contribution in [0.25, 0.3) is 0 Å². The van der Waals surface area contributed by atoms with Crippen LogP contribution < -0.4 is 0 Å². The maximum absolute atomic E-state index is 2.37. The summed E-state index contributed by atoms with van der Waals surface area (Å²) in [6.45, 7) is 56.5. The minimum atomic E-state index is 0.433. The summed E-state index contributed by atoms with van der Waals surface area (Å²) < 4.78 is 0. The average Bonchev–Trinajstić information content (AvgIpc) is 2.57. The molecule has 0 rings (SSSR count). The predicted molar refractivity (Wildman–Crippen MR) is 186 cm³/mol. The van der Waals surface area contributed by atoms with Crippen LogP contribution in [-0.2, 0) is 0 Å². The maximum atomic E-state index is 2.37. The molecule has 0 saturated carbocycles. The van der Waals surface area contributed by atoms with Gasteiger partial charge < -0.3 is 0 Å². The first kappa shape index (κ1) is 43.5. The molecule has 240 valence electrons. The van der Waals surface area contributed by atoms with E-state index in [0.29, 0.717) is 32.5 Å². The van der Waals surface area contributed by atoms with E-state index in [-0.39, 0.29) is 0 Å². The van der Waals surface area contributed by atoms with Gasteiger partial charge in [-0.15, -0.1) is 0 Å². The molecular weight excluding hydrogens is 468 g/mol. The van der Waals surface area contributed by atoms with Crippen molar-refractivity contribution in [2.45, 2.75) is 185 Å². The molecule has 0 aromatic heterocycles. The first-order chi connectivity index (χ1) is 16.6. The fraction of sp³-hybridized carbons (Fsp3) is 1.00. The molecule has 0 spiro atoms. The standard InChI is InChI=1S/3C13H28/c3*1-10(2)9-11(12(3,4)5)13(6,7)8/h3*10-11H,9H2,1-8H3. The summed E-state index contributed by atoms with van der Waals surface area (Å²) in [6.07, 6.45) is 4.02. The molecule has 0 nitrogen and oxygen atoms in total. The molecule has 0 aliphatic heterocycles. The summed E-state index contributed by atoms with van der Waals surface area (Å²) in [5, 5.41) is 0. The van der Waals surface area contributed by atoms with E-state index in [1.807, 2.05) is 0 Å². The van der Waals surface area contributed by atoms with Crippen molar-refractivity contribution in [2.24, 2.45) is 68.0 Å². The zero-order valence-corrected chi connectivity index (χ0v) is 32.6. The van der Waals surface area contributed by atoms with Crippen molar-refractivity contribution in [1.29, 1.82) is 0 Å². The lowest BCUT2D eigenvalue weighted by atomic mass is 9.64. The highest BCUT2D eigenvalue weighted by molar-refractivity contribution is 4.86. The fourth-order valence-corrected chi connectivity index (χ4v) is 7.43. The monoisotopic (exact) mass is 553 g/mol. The van der Waals surface area contributed by atoms with Crippen molar-refractivity contribution in [3.63, 3.8) is 0 Å². The number of hydrogen-bond donors (Lipinski definition) is 0. The number of rotatable bonds is 6. The first-order valence-electron chi connectivity index (χ1n) is 16.6. The normalized spacial score (nSPS) is 14.3. The summed E-state index contributed by atoms with van der Waals surface area (Å²) in [6, 6.07) is 0. The lowest BCUT2D eigenvalue weighted by molar-refractivity contribution is 0.0797. The molecule has 0 saturated heterocycles. The van der Waals surface area contributed by atoms with Crippen LogP contribution in [0.4, 0.5) is 0 Å². The van der Waals surface area contributed by atoms with Crippen molar-refractivity contribution in [2.75, 3.05) is 0 Å². The van der Waals surface area contributed by atoms with Gasteiger partial charge in [0.1, 0.15) is 0 Å². The Morgan fingerprint density at radius 3 is 0.385 bits per heavy atom. The molecule has 0 N–H and O–H groups in total. The van der Waals surface area contributed by atoms with Crippen LogP contribution in [0.3, 0.4) is 0 Å². The molecule has 0 aromatic carbocycles. The quantitative estimate of drug-likeness (QED) is 0.307. The third-order valence-corrected chi connectivity index (χ3v) is 8.39. The van der Waals surface area contributed by atoms with Crippen molar-refractivity contribution in [3.05, 3.63) is 0 Å². The van der Waals surface area contributed by atoms with E-state index in [1.54, 1.807) is 0 Å². The summed E-state index contributed by atoms with van der Waals surface area (Å²) in [4.78, 5) is 0. The lowest BCUT2D eigenvalue weighted by Crippen LogP contribution is -2.33. The Labute approximate surface area is 253 Å². The molecule has 39 heavy (non-hydrogen) atoms. The van der Waals surface area contributed by atoms with Crippen LogP contribution >= 0.6 is 0 Å². The second kappa shape index (κ2) is 16.0. The second-order valence-corrected chi connectivity index (χ2v) is 20.7. The molecule has 0 aliphatic rings. The molecule has 0 amide bonds.